The summed E-state index contributed by atoms with van der Waals surface area (Å²) < 4.78 is 0. The quantitative estimate of drug-likeness (QED) is 0.916. The molecule has 2 aromatic rings. The van der Waals surface area contributed by atoms with Crippen molar-refractivity contribution in [3.63, 3.8) is 0 Å². The zero-order valence-corrected chi connectivity index (χ0v) is 12.9. The van der Waals surface area contributed by atoms with Gasteiger partial charge in [0.2, 0.25) is 5.91 Å². The second-order valence-electron chi connectivity index (χ2n) is 5.40. The third-order valence-electron chi connectivity index (χ3n) is 3.69. The predicted octanol–water partition coefficient (Wildman–Crippen LogP) is 3.06. The van der Waals surface area contributed by atoms with Crippen molar-refractivity contribution in [2.45, 2.75) is 19.8 Å². The Balaban J connectivity index is 1.65. The second-order valence-corrected chi connectivity index (χ2v) is 6.26. The molecule has 4 nitrogen and oxygen atoms in total. The van der Waals surface area contributed by atoms with Crippen LogP contribution < -0.4 is 10.6 Å². The maximum atomic E-state index is 12.2. The van der Waals surface area contributed by atoms with E-state index in [2.05, 4.69) is 15.6 Å². The highest BCUT2D eigenvalue weighted by atomic mass is 32.1. The fraction of sp³-hybridized carbons (Fsp3) is 0.375. The Labute approximate surface area is 128 Å². The number of hydrogen-bond donors (Lipinski definition) is 2. The van der Waals surface area contributed by atoms with Gasteiger partial charge in [-0.1, -0.05) is 0 Å². The van der Waals surface area contributed by atoms with Crippen molar-refractivity contribution in [1.29, 1.82) is 0 Å². The molecule has 0 saturated carbocycles. The number of rotatable bonds is 3. The van der Waals surface area contributed by atoms with Crippen LogP contribution in [0.5, 0.6) is 0 Å². The number of aryl methyl sites for hydroxylation is 1. The molecular weight excluding hydrogens is 282 g/mol. The molecule has 0 aliphatic carbocycles. The molecule has 5 heteroatoms. The summed E-state index contributed by atoms with van der Waals surface area (Å²) in [6.45, 7) is 3.79. The minimum atomic E-state index is 0.0834. The van der Waals surface area contributed by atoms with Gasteiger partial charge < -0.3 is 10.6 Å². The van der Waals surface area contributed by atoms with Crippen LogP contribution in [0.4, 0.5) is 5.69 Å². The van der Waals surface area contributed by atoms with Crippen LogP contribution in [0.3, 0.4) is 0 Å². The lowest BCUT2D eigenvalue weighted by Gasteiger charge is -2.21. The van der Waals surface area contributed by atoms with Gasteiger partial charge in [-0.25, -0.2) is 4.98 Å². The SMILES string of the molecule is Cc1csc(-c2ccc(NC(=O)C3CCCNC3)cc2)n1. The van der Waals surface area contributed by atoms with E-state index < -0.39 is 0 Å². The average molecular weight is 301 g/mol. The normalized spacial score (nSPS) is 18.4. The maximum absolute atomic E-state index is 12.2. The van der Waals surface area contributed by atoms with Gasteiger partial charge in [-0.2, -0.15) is 0 Å². The number of carbonyl (C=O) groups is 1. The molecule has 1 amide bonds. The summed E-state index contributed by atoms with van der Waals surface area (Å²) in [5.74, 6) is 0.195. The van der Waals surface area contributed by atoms with Crippen LogP contribution >= 0.6 is 11.3 Å². The van der Waals surface area contributed by atoms with E-state index in [1.807, 2.05) is 36.6 Å². The first-order valence-corrected chi connectivity index (χ1v) is 8.14. The zero-order chi connectivity index (χ0) is 14.7. The van der Waals surface area contributed by atoms with Crippen molar-refractivity contribution < 1.29 is 4.79 Å². The molecule has 1 aliphatic heterocycles. The van der Waals surface area contributed by atoms with Gasteiger partial charge in [-0.3, -0.25) is 4.79 Å². The van der Waals surface area contributed by atoms with E-state index in [1.165, 1.54) is 0 Å². The van der Waals surface area contributed by atoms with Crippen LogP contribution in [0.1, 0.15) is 18.5 Å². The van der Waals surface area contributed by atoms with Crippen molar-refractivity contribution in [3.05, 3.63) is 35.3 Å². The van der Waals surface area contributed by atoms with E-state index >= 15 is 0 Å². The van der Waals surface area contributed by atoms with Crippen molar-refractivity contribution in [2.24, 2.45) is 5.92 Å². The monoisotopic (exact) mass is 301 g/mol. The molecule has 2 heterocycles. The van der Waals surface area contributed by atoms with Crippen LogP contribution in [-0.4, -0.2) is 24.0 Å². The Morgan fingerprint density at radius 1 is 1.38 bits per heavy atom. The fourth-order valence-corrected chi connectivity index (χ4v) is 3.31. The molecule has 2 N–H and O–H groups in total. The van der Waals surface area contributed by atoms with Gasteiger partial charge in [-0.05, 0) is 50.6 Å². The Morgan fingerprint density at radius 3 is 2.81 bits per heavy atom. The summed E-state index contributed by atoms with van der Waals surface area (Å²) in [6.07, 6.45) is 2.04. The summed E-state index contributed by atoms with van der Waals surface area (Å²) in [6, 6.07) is 7.90. The highest BCUT2D eigenvalue weighted by molar-refractivity contribution is 7.13. The molecule has 0 radical (unpaired) electrons. The van der Waals surface area contributed by atoms with Crippen LogP contribution in [-0.2, 0) is 4.79 Å². The fourth-order valence-electron chi connectivity index (χ4n) is 2.50. The van der Waals surface area contributed by atoms with E-state index in [1.54, 1.807) is 11.3 Å². The van der Waals surface area contributed by atoms with Crippen LogP contribution in [0.25, 0.3) is 10.6 Å². The molecule has 21 heavy (non-hydrogen) atoms. The maximum Gasteiger partial charge on any atom is 0.228 e. The number of carbonyl (C=O) groups excluding carboxylic acids is 1. The molecule has 0 spiro atoms. The van der Waals surface area contributed by atoms with E-state index in [0.717, 1.165) is 47.9 Å². The number of amides is 1. The minimum Gasteiger partial charge on any atom is -0.326 e. The lowest BCUT2D eigenvalue weighted by molar-refractivity contribution is -0.120. The molecule has 1 aromatic carbocycles. The van der Waals surface area contributed by atoms with Crippen molar-refractivity contribution >= 4 is 22.9 Å². The van der Waals surface area contributed by atoms with E-state index in [4.69, 9.17) is 0 Å². The van der Waals surface area contributed by atoms with Crippen molar-refractivity contribution in [2.75, 3.05) is 18.4 Å². The lowest BCUT2D eigenvalue weighted by atomic mass is 9.99. The van der Waals surface area contributed by atoms with Crippen molar-refractivity contribution in [3.8, 4) is 10.6 Å². The summed E-state index contributed by atoms with van der Waals surface area (Å²) in [5, 5.41) is 9.32. The highest BCUT2D eigenvalue weighted by Gasteiger charge is 2.20. The molecule has 110 valence electrons. The number of thiazole rings is 1. The van der Waals surface area contributed by atoms with Gasteiger partial charge in [0.25, 0.3) is 0 Å². The highest BCUT2D eigenvalue weighted by Crippen LogP contribution is 2.25. The first-order valence-electron chi connectivity index (χ1n) is 7.26. The summed E-state index contributed by atoms with van der Waals surface area (Å²) in [4.78, 5) is 16.6. The van der Waals surface area contributed by atoms with Gasteiger partial charge in [-0.15, -0.1) is 11.3 Å². The standard InChI is InChI=1S/C16H19N3OS/c1-11-10-21-16(18-11)12-4-6-14(7-5-12)19-15(20)13-3-2-8-17-9-13/h4-7,10,13,17H,2-3,8-9H2,1H3,(H,19,20). The summed E-state index contributed by atoms with van der Waals surface area (Å²) >= 11 is 1.64. The molecule has 1 saturated heterocycles. The summed E-state index contributed by atoms with van der Waals surface area (Å²) in [7, 11) is 0. The predicted molar refractivity (Wildman–Crippen MR) is 86.5 cm³/mol. The van der Waals surface area contributed by atoms with Crippen LogP contribution in [0.15, 0.2) is 29.6 Å². The molecule has 0 bridgehead atoms. The van der Waals surface area contributed by atoms with E-state index in [-0.39, 0.29) is 11.8 Å². The minimum absolute atomic E-state index is 0.0834. The Hall–Kier alpha value is -1.72. The van der Waals surface area contributed by atoms with Crippen molar-refractivity contribution in [1.82, 2.24) is 10.3 Å². The van der Waals surface area contributed by atoms with Gasteiger partial charge in [0, 0.05) is 28.9 Å². The third-order valence-corrected chi connectivity index (χ3v) is 4.70. The molecule has 1 aliphatic rings. The number of nitrogens with zero attached hydrogens (tertiary/aromatic N) is 1. The molecular formula is C16H19N3OS. The molecule has 1 atom stereocenters. The largest absolute Gasteiger partial charge is 0.326 e. The smallest absolute Gasteiger partial charge is 0.228 e. The van der Waals surface area contributed by atoms with Crippen LogP contribution in [0.2, 0.25) is 0 Å². The number of benzene rings is 1. The number of nitrogens with one attached hydrogen (secondary N) is 2. The Morgan fingerprint density at radius 2 is 2.19 bits per heavy atom. The number of piperidine rings is 1. The average Bonchev–Trinajstić information content (AvgIpc) is 2.95. The zero-order valence-electron chi connectivity index (χ0n) is 12.1. The molecule has 3 rings (SSSR count). The van der Waals surface area contributed by atoms with Gasteiger partial charge >= 0.3 is 0 Å². The molecule has 1 unspecified atom stereocenters. The van der Waals surface area contributed by atoms with Gasteiger partial charge in [0.05, 0.1) is 5.92 Å². The summed E-state index contributed by atoms with van der Waals surface area (Å²) in [5.41, 5.74) is 2.98. The van der Waals surface area contributed by atoms with Gasteiger partial charge in [0.15, 0.2) is 0 Å². The Bertz CT molecular complexity index is 615. The second kappa shape index (κ2) is 6.37. The van der Waals surface area contributed by atoms with E-state index in [9.17, 15) is 4.79 Å². The number of hydrogen-bond acceptors (Lipinski definition) is 4. The molecule has 1 aromatic heterocycles. The van der Waals surface area contributed by atoms with Crippen LogP contribution in [0, 0.1) is 12.8 Å². The van der Waals surface area contributed by atoms with E-state index in [0.29, 0.717) is 0 Å². The first kappa shape index (κ1) is 14.2. The topological polar surface area (TPSA) is 54.0 Å². The number of aromatic nitrogens is 1. The first-order chi connectivity index (χ1) is 10.2. The van der Waals surface area contributed by atoms with Gasteiger partial charge in [0.1, 0.15) is 5.01 Å². The number of anilines is 1. The molecule has 1 fully saturated rings. The Kier molecular flexibility index (Phi) is 4.31. The third kappa shape index (κ3) is 3.49. The lowest BCUT2D eigenvalue weighted by Crippen LogP contribution is -2.37.